The maximum Gasteiger partial charge on any atom is 0.251 e. The molecule has 4 aromatic rings. The summed E-state index contributed by atoms with van der Waals surface area (Å²) in [7, 11) is 0. The molecule has 9 heteroatoms. The number of pyridine rings is 1. The molecule has 2 heterocycles. The zero-order valence-corrected chi connectivity index (χ0v) is 20.8. The van der Waals surface area contributed by atoms with Crippen molar-refractivity contribution in [2.75, 3.05) is 22.3 Å². The normalized spacial score (nSPS) is 12.4. The predicted molar refractivity (Wildman–Crippen MR) is 146 cm³/mol. The van der Waals surface area contributed by atoms with Gasteiger partial charge in [-0.05, 0) is 78.0 Å². The zero-order chi connectivity index (χ0) is 25.9. The number of aromatic nitrogens is 1. The molecule has 186 valence electrons. The molecule has 1 aliphatic rings. The van der Waals surface area contributed by atoms with E-state index in [4.69, 9.17) is 5.73 Å². The third kappa shape index (κ3) is 5.41. The van der Waals surface area contributed by atoms with Gasteiger partial charge in [-0.15, -0.1) is 0 Å². The largest absolute Gasteiger partial charge is 0.383 e. The number of amides is 2. The molecule has 3 aromatic carbocycles. The van der Waals surface area contributed by atoms with Crippen LogP contribution in [0.1, 0.15) is 22.8 Å². The van der Waals surface area contributed by atoms with Crippen molar-refractivity contribution in [3.8, 4) is 22.3 Å². The number of halogens is 1. The van der Waals surface area contributed by atoms with Gasteiger partial charge >= 0.3 is 0 Å². The number of fused-ring (bicyclic) bond motifs is 1. The van der Waals surface area contributed by atoms with Crippen molar-refractivity contribution >= 4 is 41.0 Å². The van der Waals surface area contributed by atoms with Crippen LogP contribution >= 0.6 is 11.9 Å². The Morgan fingerprint density at radius 1 is 0.973 bits per heavy atom. The standard InChI is InChI=1S/C28H24FN5O2S/c1-16(35)33-20-3-5-21(6-4-20)34-37-22-7-9-23(26(29)14-22)19-13-25(27(30)32-15-19)17-2-8-24-18(12-17)10-11-31-28(24)36/h2-9,12-15,34H,10-11H2,1H3,(H2,30,32)(H,31,36)(H,33,35). The zero-order valence-electron chi connectivity index (χ0n) is 20.0. The highest BCUT2D eigenvalue weighted by atomic mass is 32.2. The first kappa shape index (κ1) is 24.3. The second-order valence-electron chi connectivity index (χ2n) is 8.64. The number of carbonyl (C=O) groups is 2. The lowest BCUT2D eigenvalue weighted by Gasteiger charge is -2.18. The lowest BCUT2D eigenvalue weighted by molar-refractivity contribution is -0.114. The fourth-order valence-electron chi connectivity index (χ4n) is 4.19. The number of hydrogen-bond acceptors (Lipinski definition) is 6. The van der Waals surface area contributed by atoms with Gasteiger partial charge in [0, 0.05) is 58.2 Å². The third-order valence-corrected chi connectivity index (χ3v) is 6.83. The molecule has 0 saturated carbocycles. The van der Waals surface area contributed by atoms with E-state index >= 15 is 4.39 Å². The smallest absolute Gasteiger partial charge is 0.251 e. The van der Waals surface area contributed by atoms with Crippen molar-refractivity contribution in [1.29, 1.82) is 0 Å². The van der Waals surface area contributed by atoms with Crippen LogP contribution in [0.2, 0.25) is 0 Å². The van der Waals surface area contributed by atoms with Crippen LogP contribution in [0, 0.1) is 5.82 Å². The highest BCUT2D eigenvalue weighted by molar-refractivity contribution is 8.00. The maximum atomic E-state index is 15.2. The van der Waals surface area contributed by atoms with Gasteiger partial charge in [-0.1, -0.05) is 18.2 Å². The minimum absolute atomic E-state index is 0.0795. The van der Waals surface area contributed by atoms with Crippen LogP contribution in [-0.2, 0) is 11.2 Å². The molecular formula is C28H24FN5O2S. The summed E-state index contributed by atoms with van der Waals surface area (Å²) in [6, 6.07) is 19.7. The van der Waals surface area contributed by atoms with Gasteiger partial charge in [-0.3, -0.25) is 9.59 Å². The molecular weight excluding hydrogens is 489 g/mol. The second kappa shape index (κ2) is 10.3. The summed E-state index contributed by atoms with van der Waals surface area (Å²) in [5.41, 5.74) is 11.9. The van der Waals surface area contributed by atoms with Gasteiger partial charge in [-0.2, -0.15) is 0 Å². The van der Waals surface area contributed by atoms with E-state index in [0.717, 1.165) is 23.2 Å². The molecule has 1 aliphatic heterocycles. The maximum absolute atomic E-state index is 15.2. The molecule has 0 radical (unpaired) electrons. The Kier molecular flexibility index (Phi) is 6.78. The summed E-state index contributed by atoms with van der Waals surface area (Å²) < 4.78 is 18.3. The number of hydrogen-bond donors (Lipinski definition) is 4. The van der Waals surface area contributed by atoms with Crippen LogP contribution in [0.5, 0.6) is 0 Å². The van der Waals surface area contributed by atoms with Crippen LogP contribution in [-0.4, -0.2) is 23.3 Å². The summed E-state index contributed by atoms with van der Waals surface area (Å²) in [6.45, 7) is 2.05. The van der Waals surface area contributed by atoms with Crippen molar-refractivity contribution in [3.05, 3.63) is 89.9 Å². The van der Waals surface area contributed by atoms with Crippen molar-refractivity contribution in [3.63, 3.8) is 0 Å². The highest BCUT2D eigenvalue weighted by Crippen LogP contribution is 2.34. The quantitative estimate of drug-likeness (QED) is 0.254. The molecule has 0 bridgehead atoms. The van der Waals surface area contributed by atoms with E-state index in [2.05, 4.69) is 20.3 Å². The van der Waals surface area contributed by atoms with Gasteiger partial charge in [0.25, 0.3) is 5.91 Å². The van der Waals surface area contributed by atoms with Crippen molar-refractivity contribution in [1.82, 2.24) is 10.3 Å². The average molecular weight is 514 g/mol. The summed E-state index contributed by atoms with van der Waals surface area (Å²) >= 11 is 1.28. The average Bonchev–Trinajstić information content (AvgIpc) is 2.88. The van der Waals surface area contributed by atoms with Crippen molar-refractivity contribution < 1.29 is 14.0 Å². The first-order chi connectivity index (χ1) is 17.9. The Hall–Kier alpha value is -4.37. The van der Waals surface area contributed by atoms with E-state index in [-0.39, 0.29) is 17.6 Å². The summed E-state index contributed by atoms with van der Waals surface area (Å²) in [5, 5.41) is 5.55. The van der Waals surface area contributed by atoms with Gasteiger partial charge in [0.1, 0.15) is 11.6 Å². The summed E-state index contributed by atoms with van der Waals surface area (Å²) in [6.07, 6.45) is 2.30. The summed E-state index contributed by atoms with van der Waals surface area (Å²) in [4.78, 5) is 28.2. The van der Waals surface area contributed by atoms with Crippen LogP contribution in [0.15, 0.2) is 77.8 Å². The van der Waals surface area contributed by atoms with Crippen LogP contribution < -0.4 is 21.1 Å². The van der Waals surface area contributed by atoms with Gasteiger partial charge in [0.05, 0.1) is 0 Å². The molecule has 0 fully saturated rings. The van der Waals surface area contributed by atoms with E-state index in [1.54, 1.807) is 30.5 Å². The molecule has 0 saturated heterocycles. The first-order valence-corrected chi connectivity index (χ1v) is 12.5. The number of nitrogens with zero attached hydrogens (tertiary/aromatic N) is 1. The van der Waals surface area contributed by atoms with Crippen molar-refractivity contribution in [2.24, 2.45) is 0 Å². The second-order valence-corrected chi connectivity index (χ2v) is 9.52. The lowest BCUT2D eigenvalue weighted by Crippen LogP contribution is -2.31. The topological polar surface area (TPSA) is 109 Å². The first-order valence-electron chi connectivity index (χ1n) is 11.6. The lowest BCUT2D eigenvalue weighted by atomic mass is 9.94. The van der Waals surface area contributed by atoms with Gasteiger partial charge in [-0.25, -0.2) is 9.37 Å². The van der Waals surface area contributed by atoms with E-state index in [9.17, 15) is 9.59 Å². The number of carbonyl (C=O) groups excluding carboxylic acids is 2. The monoisotopic (exact) mass is 513 g/mol. The van der Waals surface area contributed by atoms with Gasteiger partial charge in [0.2, 0.25) is 5.91 Å². The molecule has 0 unspecified atom stereocenters. The number of nitrogens with two attached hydrogens (primary N) is 1. The Morgan fingerprint density at radius 3 is 2.49 bits per heavy atom. The SMILES string of the molecule is CC(=O)Nc1ccc(NSc2ccc(-c3cnc(N)c(-c4ccc5c(c4)CCNC5=O)c3)c(F)c2)cc1. The molecule has 5 rings (SSSR count). The Balaban J connectivity index is 1.34. The molecule has 0 aliphatic carbocycles. The van der Waals surface area contributed by atoms with Crippen LogP contribution in [0.3, 0.4) is 0 Å². The molecule has 0 spiro atoms. The van der Waals surface area contributed by atoms with E-state index in [1.807, 2.05) is 36.4 Å². The fraction of sp³-hybridized carbons (Fsp3) is 0.107. The minimum atomic E-state index is -0.382. The fourth-order valence-corrected chi connectivity index (χ4v) is 4.86. The Morgan fingerprint density at radius 2 is 1.73 bits per heavy atom. The van der Waals surface area contributed by atoms with Crippen LogP contribution in [0.25, 0.3) is 22.3 Å². The summed E-state index contributed by atoms with van der Waals surface area (Å²) in [5.74, 6) is -0.257. The Bertz CT molecular complexity index is 1510. The number of benzene rings is 3. The van der Waals surface area contributed by atoms with Gasteiger partial charge < -0.3 is 21.1 Å². The molecule has 1 aromatic heterocycles. The molecule has 2 amide bonds. The minimum Gasteiger partial charge on any atom is -0.383 e. The molecule has 7 nitrogen and oxygen atoms in total. The highest BCUT2D eigenvalue weighted by Gasteiger charge is 2.18. The predicted octanol–water partition coefficient (Wildman–Crippen LogP) is 5.50. The number of nitrogens with one attached hydrogen (secondary N) is 3. The Labute approximate surface area is 217 Å². The van der Waals surface area contributed by atoms with E-state index < -0.39 is 0 Å². The van der Waals surface area contributed by atoms with E-state index in [1.165, 1.54) is 24.9 Å². The number of nitrogen functional groups attached to an aromatic ring is 1. The van der Waals surface area contributed by atoms with Crippen molar-refractivity contribution in [2.45, 2.75) is 18.2 Å². The van der Waals surface area contributed by atoms with Crippen LogP contribution in [0.4, 0.5) is 21.6 Å². The third-order valence-electron chi connectivity index (χ3n) is 6.00. The van der Waals surface area contributed by atoms with Gasteiger partial charge in [0.15, 0.2) is 0 Å². The number of anilines is 3. The molecule has 0 atom stereocenters. The molecule has 37 heavy (non-hydrogen) atoms. The molecule has 5 N–H and O–H groups in total. The number of rotatable bonds is 6. The van der Waals surface area contributed by atoms with E-state index in [0.29, 0.717) is 45.2 Å².